The van der Waals surface area contributed by atoms with Crippen molar-refractivity contribution in [1.82, 2.24) is 4.57 Å². The van der Waals surface area contributed by atoms with E-state index in [0.29, 0.717) is 5.02 Å². The van der Waals surface area contributed by atoms with Crippen molar-refractivity contribution in [3.63, 3.8) is 0 Å². The Bertz CT molecular complexity index is 570. The zero-order chi connectivity index (χ0) is 12.6. The SMILES string of the molecule is Cc1cc(C(=O)O)n(C)c1-c1ccc(Cl)cc1. The Balaban J connectivity index is 2.59. The number of hydrogen-bond donors (Lipinski definition) is 1. The number of carboxylic acids is 1. The molecule has 0 aliphatic rings. The van der Waals surface area contributed by atoms with E-state index in [0.717, 1.165) is 16.8 Å². The average molecular weight is 250 g/mol. The quantitative estimate of drug-likeness (QED) is 0.887. The Morgan fingerprint density at radius 3 is 2.35 bits per heavy atom. The van der Waals surface area contributed by atoms with Crippen molar-refractivity contribution in [2.45, 2.75) is 6.92 Å². The summed E-state index contributed by atoms with van der Waals surface area (Å²) in [5.74, 6) is -0.921. The molecular formula is C13H12ClNO2. The highest BCUT2D eigenvalue weighted by Gasteiger charge is 2.15. The maximum atomic E-state index is 11.0. The van der Waals surface area contributed by atoms with Gasteiger partial charge >= 0.3 is 5.97 Å². The van der Waals surface area contributed by atoms with Crippen LogP contribution in [0.5, 0.6) is 0 Å². The summed E-state index contributed by atoms with van der Waals surface area (Å²) in [7, 11) is 1.75. The van der Waals surface area contributed by atoms with Crippen molar-refractivity contribution in [1.29, 1.82) is 0 Å². The van der Waals surface area contributed by atoms with Gasteiger partial charge in [-0.3, -0.25) is 0 Å². The van der Waals surface area contributed by atoms with Gasteiger partial charge in [0.05, 0.1) is 5.69 Å². The number of nitrogens with zero attached hydrogens (tertiary/aromatic N) is 1. The lowest BCUT2D eigenvalue weighted by Crippen LogP contribution is -2.05. The molecule has 1 aromatic heterocycles. The molecule has 2 aromatic rings. The van der Waals surface area contributed by atoms with E-state index in [1.807, 2.05) is 19.1 Å². The van der Waals surface area contributed by atoms with E-state index in [2.05, 4.69) is 0 Å². The molecule has 1 aromatic carbocycles. The summed E-state index contributed by atoms with van der Waals surface area (Å²) in [4.78, 5) is 11.0. The maximum absolute atomic E-state index is 11.0. The van der Waals surface area contributed by atoms with Crippen LogP contribution in [0.2, 0.25) is 5.02 Å². The van der Waals surface area contributed by atoms with Gasteiger partial charge in [-0.05, 0) is 36.2 Å². The predicted molar refractivity (Wildman–Crippen MR) is 67.6 cm³/mol. The van der Waals surface area contributed by atoms with Crippen LogP contribution in [-0.2, 0) is 7.05 Å². The minimum absolute atomic E-state index is 0.285. The lowest BCUT2D eigenvalue weighted by molar-refractivity contribution is 0.0686. The van der Waals surface area contributed by atoms with E-state index in [4.69, 9.17) is 16.7 Å². The van der Waals surface area contributed by atoms with Crippen molar-refractivity contribution in [3.8, 4) is 11.3 Å². The molecule has 88 valence electrons. The molecule has 0 bridgehead atoms. The molecule has 0 atom stereocenters. The average Bonchev–Trinajstić information content (AvgIpc) is 2.56. The van der Waals surface area contributed by atoms with Gasteiger partial charge in [0.1, 0.15) is 5.69 Å². The van der Waals surface area contributed by atoms with E-state index in [9.17, 15) is 4.79 Å². The summed E-state index contributed by atoms with van der Waals surface area (Å²) in [5.41, 5.74) is 3.08. The maximum Gasteiger partial charge on any atom is 0.352 e. The van der Waals surface area contributed by atoms with Crippen LogP contribution in [0.15, 0.2) is 30.3 Å². The third-order valence-electron chi connectivity index (χ3n) is 2.76. The number of hydrogen-bond acceptors (Lipinski definition) is 1. The van der Waals surface area contributed by atoms with Gasteiger partial charge in [-0.2, -0.15) is 0 Å². The summed E-state index contributed by atoms with van der Waals surface area (Å²) in [6.07, 6.45) is 0. The fourth-order valence-corrected chi connectivity index (χ4v) is 2.12. The number of carboxylic acid groups (broad SMARTS) is 1. The van der Waals surface area contributed by atoms with Gasteiger partial charge in [0.15, 0.2) is 0 Å². The first kappa shape index (κ1) is 11.7. The molecule has 4 heteroatoms. The number of benzene rings is 1. The highest BCUT2D eigenvalue weighted by Crippen LogP contribution is 2.27. The van der Waals surface area contributed by atoms with Crippen LogP contribution >= 0.6 is 11.6 Å². The van der Waals surface area contributed by atoms with E-state index in [-0.39, 0.29) is 5.69 Å². The van der Waals surface area contributed by atoms with Crippen molar-refractivity contribution in [2.75, 3.05) is 0 Å². The fourth-order valence-electron chi connectivity index (χ4n) is 1.99. The summed E-state index contributed by atoms with van der Waals surface area (Å²) in [5, 5.41) is 9.72. The molecule has 0 unspecified atom stereocenters. The molecule has 17 heavy (non-hydrogen) atoms. The topological polar surface area (TPSA) is 42.2 Å². The van der Waals surface area contributed by atoms with Gasteiger partial charge < -0.3 is 9.67 Å². The van der Waals surface area contributed by atoms with Crippen LogP contribution in [0.1, 0.15) is 16.1 Å². The standard InChI is InChI=1S/C13H12ClNO2/c1-8-7-11(13(16)17)15(2)12(8)9-3-5-10(14)6-4-9/h3-7H,1-2H3,(H,16,17). The molecular weight excluding hydrogens is 238 g/mol. The first-order valence-corrected chi connectivity index (χ1v) is 5.54. The van der Waals surface area contributed by atoms with Crippen molar-refractivity contribution >= 4 is 17.6 Å². The molecule has 1 heterocycles. The predicted octanol–water partition coefficient (Wildman–Crippen LogP) is 3.35. The van der Waals surface area contributed by atoms with Crippen LogP contribution in [0.3, 0.4) is 0 Å². The molecule has 0 saturated heterocycles. The second-order valence-electron chi connectivity index (χ2n) is 3.93. The van der Waals surface area contributed by atoms with Crippen LogP contribution in [0, 0.1) is 6.92 Å². The van der Waals surface area contributed by atoms with Gasteiger partial charge in [0.2, 0.25) is 0 Å². The molecule has 0 radical (unpaired) electrons. The van der Waals surface area contributed by atoms with Crippen molar-refractivity contribution in [3.05, 3.63) is 46.6 Å². The number of aromatic carboxylic acids is 1. The summed E-state index contributed by atoms with van der Waals surface area (Å²) >= 11 is 5.83. The van der Waals surface area contributed by atoms with Crippen molar-refractivity contribution < 1.29 is 9.90 Å². The van der Waals surface area contributed by atoms with Gasteiger partial charge in [0, 0.05) is 12.1 Å². The van der Waals surface area contributed by atoms with Gasteiger partial charge in [-0.15, -0.1) is 0 Å². The van der Waals surface area contributed by atoms with Crippen molar-refractivity contribution in [2.24, 2.45) is 7.05 Å². The Morgan fingerprint density at radius 2 is 1.88 bits per heavy atom. The summed E-state index contributed by atoms with van der Waals surface area (Å²) in [6.45, 7) is 1.90. The van der Waals surface area contributed by atoms with Gasteiger partial charge in [-0.1, -0.05) is 23.7 Å². The molecule has 1 N–H and O–H groups in total. The Kier molecular flexibility index (Phi) is 2.94. The van der Waals surface area contributed by atoms with Crippen LogP contribution in [0.4, 0.5) is 0 Å². The first-order valence-electron chi connectivity index (χ1n) is 5.16. The van der Waals surface area contributed by atoms with Crippen LogP contribution in [0.25, 0.3) is 11.3 Å². The number of halogens is 1. The third kappa shape index (κ3) is 2.06. The first-order chi connectivity index (χ1) is 8.00. The molecule has 3 nitrogen and oxygen atoms in total. The molecule has 0 spiro atoms. The highest BCUT2D eigenvalue weighted by atomic mass is 35.5. The fraction of sp³-hybridized carbons (Fsp3) is 0.154. The third-order valence-corrected chi connectivity index (χ3v) is 3.01. The number of aromatic nitrogens is 1. The Hall–Kier alpha value is -1.74. The second-order valence-corrected chi connectivity index (χ2v) is 4.37. The molecule has 0 aliphatic heterocycles. The normalized spacial score (nSPS) is 10.5. The summed E-state index contributed by atoms with van der Waals surface area (Å²) < 4.78 is 1.68. The minimum Gasteiger partial charge on any atom is -0.477 e. The Morgan fingerprint density at radius 1 is 1.29 bits per heavy atom. The van der Waals surface area contributed by atoms with E-state index >= 15 is 0 Å². The van der Waals surface area contributed by atoms with E-state index in [1.54, 1.807) is 29.8 Å². The second kappa shape index (κ2) is 4.26. The molecule has 0 amide bonds. The van der Waals surface area contributed by atoms with E-state index in [1.165, 1.54) is 0 Å². The molecule has 0 saturated carbocycles. The zero-order valence-corrected chi connectivity index (χ0v) is 10.3. The van der Waals surface area contributed by atoms with Gasteiger partial charge in [0.25, 0.3) is 0 Å². The smallest absolute Gasteiger partial charge is 0.352 e. The zero-order valence-electron chi connectivity index (χ0n) is 9.57. The number of aryl methyl sites for hydroxylation is 1. The molecule has 0 fully saturated rings. The minimum atomic E-state index is -0.921. The number of rotatable bonds is 2. The largest absolute Gasteiger partial charge is 0.477 e. The lowest BCUT2D eigenvalue weighted by Gasteiger charge is -2.07. The highest BCUT2D eigenvalue weighted by molar-refractivity contribution is 6.30. The van der Waals surface area contributed by atoms with Crippen LogP contribution < -0.4 is 0 Å². The molecule has 2 rings (SSSR count). The Labute approximate surface area is 104 Å². The van der Waals surface area contributed by atoms with E-state index < -0.39 is 5.97 Å². The number of carbonyl (C=O) groups is 1. The lowest BCUT2D eigenvalue weighted by atomic mass is 10.1. The van der Waals surface area contributed by atoms with Gasteiger partial charge in [-0.25, -0.2) is 4.79 Å². The summed E-state index contributed by atoms with van der Waals surface area (Å²) in [6, 6.07) is 9.03. The van der Waals surface area contributed by atoms with Crippen LogP contribution in [-0.4, -0.2) is 15.6 Å². The molecule has 0 aliphatic carbocycles. The monoisotopic (exact) mass is 249 g/mol.